The number of allylic oxidation sites excluding steroid dienone is 4. The predicted molar refractivity (Wildman–Crippen MR) is 175 cm³/mol. The molecule has 5 aromatic rings. The molecule has 0 aliphatic heterocycles. The highest BCUT2D eigenvalue weighted by atomic mass is 16.6. The molecule has 0 bridgehead atoms. The molecule has 2 aliphatic carbocycles. The van der Waals surface area contributed by atoms with Gasteiger partial charge in [0.05, 0.1) is 11.1 Å². The van der Waals surface area contributed by atoms with Crippen molar-refractivity contribution in [3.05, 3.63) is 156 Å². The lowest BCUT2D eigenvalue weighted by Gasteiger charge is -2.49. The summed E-state index contributed by atoms with van der Waals surface area (Å²) in [6.45, 7) is 4.19. The number of rotatable bonds is 5. The molecule has 6 atom stereocenters. The molecule has 4 heteroatoms. The monoisotopic (exact) mass is 578 g/mol. The summed E-state index contributed by atoms with van der Waals surface area (Å²) in [4.78, 5) is 28.2. The first kappa shape index (κ1) is 27.8. The topological polar surface area (TPSA) is 52.6 Å². The van der Waals surface area contributed by atoms with Gasteiger partial charge in [-0.05, 0) is 63.6 Å². The maximum atomic E-state index is 14.1. The lowest BCUT2D eigenvalue weighted by Crippen LogP contribution is -2.53. The van der Waals surface area contributed by atoms with Crippen LogP contribution in [0.1, 0.15) is 44.7 Å². The van der Waals surface area contributed by atoms with E-state index in [4.69, 9.17) is 9.47 Å². The van der Waals surface area contributed by atoms with Crippen LogP contribution in [0, 0.1) is 24.7 Å². The zero-order valence-electron chi connectivity index (χ0n) is 24.8. The summed E-state index contributed by atoms with van der Waals surface area (Å²) in [6, 6.07) is 35.2. The van der Waals surface area contributed by atoms with Gasteiger partial charge in [-0.2, -0.15) is 0 Å². The highest BCUT2D eigenvalue weighted by Crippen LogP contribution is 2.50. The average Bonchev–Trinajstić information content (AvgIpc) is 3.06. The third-order valence-corrected chi connectivity index (χ3v) is 9.49. The molecule has 0 amide bonds. The number of esters is 2. The molecule has 5 unspecified atom stereocenters. The van der Waals surface area contributed by atoms with Crippen LogP contribution in [0.3, 0.4) is 0 Å². The van der Waals surface area contributed by atoms with Gasteiger partial charge in [0.15, 0.2) is 0 Å². The third-order valence-electron chi connectivity index (χ3n) is 9.49. The summed E-state index contributed by atoms with van der Waals surface area (Å²) in [5.74, 6) is -0.996. The predicted octanol–water partition coefficient (Wildman–Crippen LogP) is 8.84. The molecule has 0 saturated heterocycles. The Bertz CT molecular complexity index is 1920. The fourth-order valence-electron chi connectivity index (χ4n) is 7.31. The maximum absolute atomic E-state index is 14.1. The number of carbonyl (C=O) groups excluding carboxylic acids is 2. The van der Waals surface area contributed by atoms with Gasteiger partial charge in [-0.1, -0.05) is 128 Å². The van der Waals surface area contributed by atoms with E-state index in [1.165, 1.54) is 0 Å². The summed E-state index contributed by atoms with van der Waals surface area (Å²) < 4.78 is 13.1. The molecule has 0 aromatic heterocycles. The van der Waals surface area contributed by atoms with Gasteiger partial charge >= 0.3 is 11.9 Å². The Kier molecular flexibility index (Phi) is 7.35. The largest absolute Gasteiger partial charge is 0.454 e. The van der Waals surface area contributed by atoms with Crippen LogP contribution in [0.15, 0.2) is 133 Å². The van der Waals surface area contributed by atoms with Crippen molar-refractivity contribution in [1.29, 1.82) is 0 Å². The van der Waals surface area contributed by atoms with Gasteiger partial charge in [0, 0.05) is 11.8 Å². The molecule has 2 aliphatic rings. The van der Waals surface area contributed by atoms with Crippen molar-refractivity contribution in [1.82, 2.24) is 0 Å². The number of ether oxygens (including phenoxy) is 2. The van der Waals surface area contributed by atoms with E-state index in [-0.39, 0.29) is 23.7 Å². The van der Waals surface area contributed by atoms with Gasteiger partial charge in [-0.25, -0.2) is 9.59 Å². The lowest BCUT2D eigenvalue weighted by atomic mass is 9.60. The molecule has 218 valence electrons. The molecule has 44 heavy (non-hydrogen) atoms. The maximum Gasteiger partial charge on any atom is 0.339 e. The van der Waals surface area contributed by atoms with Gasteiger partial charge in [-0.3, -0.25) is 0 Å². The van der Waals surface area contributed by atoms with E-state index >= 15 is 0 Å². The van der Waals surface area contributed by atoms with Gasteiger partial charge in [0.2, 0.25) is 0 Å². The van der Waals surface area contributed by atoms with Crippen molar-refractivity contribution in [2.45, 2.75) is 32.0 Å². The second-order valence-corrected chi connectivity index (χ2v) is 12.0. The first-order valence-electron chi connectivity index (χ1n) is 15.3. The Hall–Kier alpha value is -4.96. The molecule has 1 saturated carbocycles. The molecule has 0 spiro atoms. The van der Waals surface area contributed by atoms with E-state index in [1.54, 1.807) is 6.07 Å². The fraction of sp³-hybridized carbons (Fsp3) is 0.200. The number of hydrogen-bond acceptors (Lipinski definition) is 4. The number of aryl methyl sites for hydroxylation is 1. The highest BCUT2D eigenvalue weighted by molar-refractivity contribution is 6.05. The summed E-state index contributed by atoms with van der Waals surface area (Å²) in [6.07, 6.45) is 7.18. The molecule has 0 radical (unpaired) electrons. The minimum absolute atomic E-state index is 0.0638. The van der Waals surface area contributed by atoms with Gasteiger partial charge in [0.25, 0.3) is 0 Å². The van der Waals surface area contributed by atoms with Crippen LogP contribution in [-0.4, -0.2) is 24.1 Å². The number of carbonyl (C=O) groups is 2. The van der Waals surface area contributed by atoms with Crippen LogP contribution in [0.5, 0.6) is 0 Å². The SMILES string of the molecule is Cc1ccccc1C1C2C=CC=CC2C(C)[C@@H](OC(=O)c2cccc3ccccc23)C1OC(=O)c1cccc2ccccc12. The number of hydrogen-bond donors (Lipinski definition) is 0. The van der Waals surface area contributed by atoms with Gasteiger partial charge in [-0.15, -0.1) is 0 Å². The van der Waals surface area contributed by atoms with E-state index in [9.17, 15) is 9.59 Å². The molecular weight excluding hydrogens is 544 g/mol. The molecule has 5 aromatic carbocycles. The van der Waals surface area contributed by atoms with Crippen molar-refractivity contribution >= 4 is 33.5 Å². The number of benzene rings is 5. The number of fused-ring (bicyclic) bond motifs is 3. The molecule has 4 nitrogen and oxygen atoms in total. The summed E-state index contributed by atoms with van der Waals surface area (Å²) in [5, 5.41) is 3.60. The second-order valence-electron chi connectivity index (χ2n) is 12.0. The zero-order valence-corrected chi connectivity index (χ0v) is 24.8. The van der Waals surface area contributed by atoms with Gasteiger partial charge < -0.3 is 9.47 Å². The normalized spacial score (nSPS) is 24.1. The van der Waals surface area contributed by atoms with E-state index in [2.05, 4.69) is 50.3 Å². The first-order valence-corrected chi connectivity index (χ1v) is 15.3. The quantitative estimate of drug-likeness (QED) is 0.196. The van der Waals surface area contributed by atoms with Crippen LogP contribution in [0.2, 0.25) is 0 Å². The van der Waals surface area contributed by atoms with Crippen molar-refractivity contribution in [2.75, 3.05) is 0 Å². The Labute approximate surface area is 257 Å². The molecule has 0 heterocycles. The second kappa shape index (κ2) is 11.6. The average molecular weight is 579 g/mol. The van der Waals surface area contributed by atoms with Gasteiger partial charge in [0.1, 0.15) is 12.2 Å². The Morgan fingerprint density at radius 3 is 1.68 bits per heavy atom. The van der Waals surface area contributed by atoms with E-state index < -0.39 is 24.1 Å². The van der Waals surface area contributed by atoms with E-state index in [1.807, 2.05) is 91.0 Å². The standard InChI is InChI=1S/C40H34O4/c1-25-13-3-6-18-29(25)36-33-22-10-9-19-30(33)26(2)37(43-39(41)34-23-11-16-27-14-4-7-20-31(27)34)38(36)44-40(42)35-24-12-17-28-15-5-8-21-32(28)35/h3-24,26,30,33,36-38H,1-2H3/t26?,30?,33?,36?,37-,38?/m1/s1. The first-order chi connectivity index (χ1) is 21.5. The minimum Gasteiger partial charge on any atom is -0.454 e. The summed E-state index contributed by atoms with van der Waals surface area (Å²) >= 11 is 0. The molecule has 1 fully saturated rings. The molecule has 7 rings (SSSR count). The Balaban J connectivity index is 1.34. The van der Waals surface area contributed by atoms with Crippen molar-refractivity contribution in [3.8, 4) is 0 Å². The smallest absolute Gasteiger partial charge is 0.339 e. The zero-order chi connectivity index (χ0) is 30.2. The molecule has 0 N–H and O–H groups in total. The highest BCUT2D eigenvalue weighted by Gasteiger charge is 2.52. The Morgan fingerprint density at radius 1 is 0.568 bits per heavy atom. The van der Waals surface area contributed by atoms with Crippen LogP contribution in [0.4, 0.5) is 0 Å². The van der Waals surface area contributed by atoms with E-state index in [0.29, 0.717) is 11.1 Å². The summed E-state index contributed by atoms with van der Waals surface area (Å²) in [5.41, 5.74) is 3.21. The van der Waals surface area contributed by atoms with Crippen molar-refractivity contribution in [3.63, 3.8) is 0 Å². The van der Waals surface area contributed by atoms with E-state index in [0.717, 1.165) is 32.7 Å². The summed E-state index contributed by atoms with van der Waals surface area (Å²) in [7, 11) is 0. The van der Waals surface area contributed by atoms with Crippen LogP contribution in [-0.2, 0) is 9.47 Å². The van der Waals surface area contributed by atoms with Crippen molar-refractivity contribution < 1.29 is 19.1 Å². The lowest BCUT2D eigenvalue weighted by molar-refractivity contribution is -0.0995. The minimum atomic E-state index is -0.714. The van der Waals surface area contributed by atoms with Crippen LogP contribution < -0.4 is 0 Å². The molecular formula is C40H34O4. The fourth-order valence-corrected chi connectivity index (χ4v) is 7.31. The third kappa shape index (κ3) is 4.90. The van der Waals surface area contributed by atoms with Crippen LogP contribution >= 0.6 is 0 Å². The van der Waals surface area contributed by atoms with Crippen molar-refractivity contribution in [2.24, 2.45) is 17.8 Å². The van der Waals surface area contributed by atoms with Crippen LogP contribution in [0.25, 0.3) is 21.5 Å². The Morgan fingerprint density at radius 2 is 1.07 bits per heavy atom.